The minimum Gasteiger partial charge on any atom is -0.389 e. The molecule has 0 radical (unpaired) electrons. The quantitative estimate of drug-likeness (QED) is 0.719. The van der Waals surface area contributed by atoms with Gasteiger partial charge in [-0.3, -0.25) is 0 Å². The van der Waals surface area contributed by atoms with Crippen molar-refractivity contribution in [2.75, 3.05) is 11.9 Å². The summed E-state index contributed by atoms with van der Waals surface area (Å²) in [7, 11) is 0. The zero-order valence-corrected chi connectivity index (χ0v) is 13.8. The van der Waals surface area contributed by atoms with Gasteiger partial charge in [-0.15, -0.1) is 0 Å². The predicted octanol–water partition coefficient (Wildman–Crippen LogP) is 4.37. The molecule has 20 heavy (non-hydrogen) atoms. The van der Waals surface area contributed by atoms with Gasteiger partial charge in [-0.1, -0.05) is 27.7 Å². The number of hydrogen-bond donors (Lipinski definition) is 3. The van der Waals surface area contributed by atoms with E-state index in [9.17, 15) is 9.50 Å². The van der Waals surface area contributed by atoms with Crippen molar-refractivity contribution >= 4 is 11.9 Å². The van der Waals surface area contributed by atoms with Gasteiger partial charge < -0.3 is 15.8 Å². The Morgan fingerprint density at radius 2 is 1.75 bits per heavy atom. The Morgan fingerprint density at radius 1 is 1.25 bits per heavy atom. The number of hydrogen-bond acceptors (Lipinski definition) is 3. The van der Waals surface area contributed by atoms with Crippen molar-refractivity contribution in [3.63, 3.8) is 0 Å². The van der Waals surface area contributed by atoms with Gasteiger partial charge in [0.15, 0.2) is 0 Å². The molecular formula is C16H29FN2O. The molecular weight excluding hydrogens is 255 g/mol. The van der Waals surface area contributed by atoms with Crippen LogP contribution in [-0.4, -0.2) is 23.5 Å². The molecule has 4 heteroatoms. The summed E-state index contributed by atoms with van der Waals surface area (Å²) in [6.07, 6.45) is 1.17. The number of halogens is 1. The fourth-order valence-electron chi connectivity index (χ4n) is 1.29. The number of aryl methyl sites for hydroxylation is 1. The van der Waals surface area contributed by atoms with E-state index in [1.54, 1.807) is 26.8 Å². The maximum Gasteiger partial charge on any atom is 0.128 e. The zero-order chi connectivity index (χ0) is 16.3. The van der Waals surface area contributed by atoms with Gasteiger partial charge in [0.2, 0.25) is 0 Å². The largest absolute Gasteiger partial charge is 0.389 e. The van der Waals surface area contributed by atoms with Gasteiger partial charge in [-0.2, -0.15) is 0 Å². The summed E-state index contributed by atoms with van der Waals surface area (Å²) >= 11 is 0. The lowest BCUT2D eigenvalue weighted by Crippen LogP contribution is -2.29. The van der Waals surface area contributed by atoms with Crippen LogP contribution in [0.3, 0.4) is 0 Å². The maximum absolute atomic E-state index is 13.3. The van der Waals surface area contributed by atoms with Gasteiger partial charge in [0.1, 0.15) is 5.82 Å². The number of nitrogens with one attached hydrogen (secondary N) is 2. The minimum atomic E-state index is -0.874. The Hall–Kier alpha value is -1.42. The van der Waals surface area contributed by atoms with Crippen LogP contribution in [0.1, 0.15) is 52.7 Å². The Morgan fingerprint density at radius 3 is 2.15 bits per heavy atom. The summed E-state index contributed by atoms with van der Waals surface area (Å²) in [5, 5.41) is 19.7. The van der Waals surface area contributed by atoms with Gasteiger partial charge in [0.25, 0.3) is 0 Å². The molecule has 0 aliphatic rings. The number of benzene rings is 1. The molecule has 0 amide bonds. The van der Waals surface area contributed by atoms with Crippen LogP contribution < -0.4 is 5.32 Å². The topological polar surface area (TPSA) is 56.1 Å². The van der Waals surface area contributed by atoms with Crippen molar-refractivity contribution in [2.24, 2.45) is 0 Å². The molecule has 0 fully saturated rings. The van der Waals surface area contributed by atoms with Gasteiger partial charge >= 0.3 is 0 Å². The van der Waals surface area contributed by atoms with Crippen molar-refractivity contribution in [3.05, 3.63) is 29.1 Å². The third kappa shape index (κ3) is 7.89. The second-order valence-corrected chi connectivity index (χ2v) is 4.50. The van der Waals surface area contributed by atoms with E-state index in [2.05, 4.69) is 5.32 Å². The van der Waals surface area contributed by atoms with Crippen LogP contribution in [0.25, 0.3) is 0 Å². The summed E-state index contributed by atoms with van der Waals surface area (Å²) in [4.78, 5) is 0. The number of rotatable bonds is 4. The van der Waals surface area contributed by atoms with Crippen molar-refractivity contribution in [1.82, 2.24) is 0 Å². The van der Waals surface area contributed by atoms with Crippen molar-refractivity contribution in [3.8, 4) is 0 Å². The van der Waals surface area contributed by atoms with E-state index in [0.29, 0.717) is 23.4 Å². The van der Waals surface area contributed by atoms with Crippen molar-refractivity contribution in [2.45, 2.75) is 54.1 Å². The van der Waals surface area contributed by atoms with Crippen LogP contribution >= 0.6 is 0 Å². The molecule has 0 aliphatic heterocycles. The van der Waals surface area contributed by atoms with Crippen LogP contribution in [0, 0.1) is 18.2 Å². The lowest BCUT2D eigenvalue weighted by Gasteiger charge is -2.19. The normalized spacial score (nSPS) is 9.65. The maximum atomic E-state index is 13.3. The number of anilines is 1. The van der Waals surface area contributed by atoms with E-state index >= 15 is 0 Å². The molecule has 0 aliphatic carbocycles. The fraction of sp³-hybridized carbons (Fsp3) is 0.562. The Balaban J connectivity index is 0. The van der Waals surface area contributed by atoms with E-state index in [1.807, 2.05) is 27.7 Å². The predicted molar refractivity (Wildman–Crippen MR) is 86.5 cm³/mol. The molecule has 3 nitrogen and oxygen atoms in total. The lowest BCUT2D eigenvalue weighted by molar-refractivity contribution is 0.0945. The highest BCUT2D eigenvalue weighted by Gasteiger charge is 2.13. The monoisotopic (exact) mass is 284 g/mol. The van der Waals surface area contributed by atoms with Crippen LogP contribution in [0.15, 0.2) is 12.1 Å². The van der Waals surface area contributed by atoms with Crippen LogP contribution in [0.2, 0.25) is 0 Å². The third-order valence-corrected chi connectivity index (χ3v) is 2.20. The van der Waals surface area contributed by atoms with Crippen molar-refractivity contribution < 1.29 is 9.50 Å². The van der Waals surface area contributed by atoms with Gasteiger partial charge in [0, 0.05) is 24.0 Å². The minimum absolute atomic E-state index is 0.302. The van der Waals surface area contributed by atoms with E-state index < -0.39 is 5.60 Å². The first kappa shape index (κ1) is 20.9. The second-order valence-electron chi connectivity index (χ2n) is 4.50. The SMILES string of the molecule is CC.CC.Cc1cc(C=N)c(NCC(C)(C)O)cc1F. The van der Waals surface area contributed by atoms with Crippen LogP contribution in [-0.2, 0) is 0 Å². The average molecular weight is 284 g/mol. The summed E-state index contributed by atoms with van der Waals surface area (Å²) < 4.78 is 13.3. The average Bonchev–Trinajstić information content (AvgIpc) is 2.43. The van der Waals surface area contributed by atoms with Gasteiger partial charge in [-0.25, -0.2) is 4.39 Å². The summed E-state index contributed by atoms with van der Waals surface area (Å²) in [6.45, 7) is 13.3. The molecule has 0 atom stereocenters. The van der Waals surface area contributed by atoms with Crippen molar-refractivity contribution in [1.29, 1.82) is 5.41 Å². The summed E-state index contributed by atoms with van der Waals surface area (Å²) in [6, 6.07) is 2.95. The van der Waals surface area contributed by atoms with Gasteiger partial charge in [-0.05, 0) is 38.5 Å². The standard InChI is InChI=1S/C12H17FN2O.2C2H6/c1-8-4-9(6-14)11(5-10(8)13)15-7-12(2,3)16;2*1-2/h4-6,14-16H,7H2,1-3H3;2*1-2H3. The molecule has 0 heterocycles. The highest BCUT2D eigenvalue weighted by Crippen LogP contribution is 2.19. The first-order chi connectivity index (χ1) is 9.33. The van der Waals surface area contributed by atoms with E-state index in [1.165, 1.54) is 12.3 Å². The molecule has 0 aromatic heterocycles. The molecule has 1 aromatic carbocycles. The van der Waals surface area contributed by atoms with E-state index in [4.69, 9.17) is 5.41 Å². The Bertz CT molecular complexity index is 398. The molecule has 1 rings (SSSR count). The first-order valence-electron chi connectivity index (χ1n) is 7.10. The number of aliphatic hydroxyl groups is 1. The van der Waals surface area contributed by atoms with Gasteiger partial charge in [0.05, 0.1) is 5.60 Å². The molecule has 3 N–H and O–H groups in total. The van der Waals surface area contributed by atoms with E-state index in [0.717, 1.165) is 0 Å². The van der Waals surface area contributed by atoms with Crippen LogP contribution in [0.4, 0.5) is 10.1 Å². The third-order valence-electron chi connectivity index (χ3n) is 2.20. The Labute approximate surface area is 122 Å². The molecule has 0 spiro atoms. The molecule has 0 bridgehead atoms. The zero-order valence-electron chi connectivity index (χ0n) is 13.8. The molecule has 116 valence electrons. The Kier molecular flexibility index (Phi) is 10.8. The fourth-order valence-corrected chi connectivity index (χ4v) is 1.29. The van der Waals surface area contributed by atoms with E-state index in [-0.39, 0.29) is 5.82 Å². The summed E-state index contributed by atoms with van der Waals surface area (Å²) in [5.74, 6) is -0.316. The second kappa shape index (κ2) is 10.4. The molecule has 0 saturated carbocycles. The molecule has 1 aromatic rings. The van der Waals surface area contributed by atoms with Crippen LogP contribution in [0.5, 0.6) is 0 Å². The highest BCUT2D eigenvalue weighted by atomic mass is 19.1. The summed E-state index contributed by atoms with van der Waals surface area (Å²) in [5.41, 5.74) is 0.774. The molecule has 0 saturated heterocycles. The lowest BCUT2D eigenvalue weighted by atomic mass is 10.1. The molecule has 0 unspecified atom stereocenters. The first-order valence-corrected chi connectivity index (χ1v) is 7.10. The highest BCUT2D eigenvalue weighted by molar-refractivity contribution is 5.86. The smallest absolute Gasteiger partial charge is 0.128 e.